The second-order valence-electron chi connectivity index (χ2n) is 23.4. The minimum absolute atomic E-state index is 0.257. The molecule has 0 unspecified atom stereocenters. The summed E-state index contributed by atoms with van der Waals surface area (Å²) in [5.41, 5.74) is 19.3. The van der Waals surface area contributed by atoms with E-state index in [1.165, 1.54) is 10.8 Å². The summed E-state index contributed by atoms with van der Waals surface area (Å²) < 4.78 is 22.7. The average Bonchev–Trinajstić information content (AvgIpc) is 1.56. The minimum Gasteiger partial charge on any atom is -0.455 e. The molecule has 6 aromatic heterocycles. The Morgan fingerprint density at radius 3 is 1.00 bits per heavy atom. The molecule has 0 aliphatic carbocycles. The molecule has 0 amide bonds. The van der Waals surface area contributed by atoms with Crippen LogP contribution >= 0.6 is 0 Å². The number of benzene rings is 13. The van der Waals surface area contributed by atoms with E-state index in [9.17, 15) is 10.5 Å². The van der Waals surface area contributed by atoms with E-state index in [0.29, 0.717) is 11.4 Å². The van der Waals surface area contributed by atoms with Gasteiger partial charge in [-0.15, -0.1) is 0 Å². The van der Waals surface area contributed by atoms with Crippen molar-refractivity contribution in [3.63, 3.8) is 0 Å². The van der Waals surface area contributed by atoms with Gasteiger partial charge in [-0.05, 0) is 156 Å². The van der Waals surface area contributed by atoms with Crippen LogP contribution in [0, 0.1) is 22.7 Å². The van der Waals surface area contributed by atoms with Crippen molar-refractivity contribution in [3.8, 4) is 57.1 Å². The van der Waals surface area contributed by atoms with Gasteiger partial charge in [0.2, 0.25) is 0 Å². The van der Waals surface area contributed by atoms with Gasteiger partial charge in [0.1, 0.15) is 34.5 Å². The third kappa shape index (κ3) is 7.56. The van der Waals surface area contributed by atoms with Gasteiger partial charge >= 0.3 is 0 Å². The van der Waals surface area contributed by atoms with Crippen molar-refractivity contribution in [1.29, 1.82) is 10.5 Å². The van der Waals surface area contributed by atoms with Crippen LogP contribution in [0.4, 0.5) is 0 Å². The highest BCUT2D eigenvalue weighted by atomic mass is 16.3. The zero-order chi connectivity index (χ0) is 61.3. The lowest BCUT2D eigenvalue weighted by Gasteiger charge is -2.16. The molecule has 0 radical (unpaired) electrons. The molecular formula is C84H50N6O2. The van der Waals surface area contributed by atoms with E-state index < -0.39 is 0 Å². The molecule has 6 heterocycles. The fourth-order valence-electron chi connectivity index (χ4n) is 14.6. The molecule has 0 atom stereocenters. The van der Waals surface area contributed by atoms with E-state index in [-0.39, 0.29) is 11.1 Å². The molecule has 19 aromatic rings. The van der Waals surface area contributed by atoms with E-state index in [1.54, 1.807) is 12.2 Å². The first-order valence-electron chi connectivity index (χ1n) is 30.7. The molecule has 8 heteroatoms. The average molecular weight is 1180 g/mol. The van der Waals surface area contributed by atoms with Crippen LogP contribution in [-0.2, 0) is 0 Å². The lowest BCUT2D eigenvalue weighted by atomic mass is 10.00. The lowest BCUT2D eigenvalue weighted by molar-refractivity contribution is 0.672. The largest absolute Gasteiger partial charge is 0.455 e. The van der Waals surface area contributed by atoms with Crippen LogP contribution in [0.15, 0.2) is 301 Å². The summed E-state index contributed by atoms with van der Waals surface area (Å²) in [5, 5.41) is 35.8. The van der Waals surface area contributed by atoms with Gasteiger partial charge < -0.3 is 27.1 Å². The highest BCUT2D eigenvalue weighted by Gasteiger charge is 2.27. The van der Waals surface area contributed by atoms with Crippen LogP contribution in [0.1, 0.15) is 11.1 Å². The van der Waals surface area contributed by atoms with Crippen LogP contribution in [0.3, 0.4) is 0 Å². The van der Waals surface area contributed by atoms with E-state index in [1.807, 2.05) is 48.5 Å². The highest BCUT2D eigenvalue weighted by Crippen LogP contribution is 2.47. The van der Waals surface area contributed by atoms with Gasteiger partial charge in [0.25, 0.3) is 0 Å². The van der Waals surface area contributed by atoms with Gasteiger partial charge in [-0.2, -0.15) is 10.5 Å². The van der Waals surface area contributed by atoms with Crippen molar-refractivity contribution in [2.45, 2.75) is 0 Å². The summed E-state index contributed by atoms with van der Waals surface area (Å²) in [5.74, 6) is 0. The SMILES string of the molecule is C=CC=C.N#Cc1c(-n2c3ccc(-c4ccc5c(c4)c4ccccc4n5-c4ccccc4)cc3c3c4oc5ccccc5c4ccc32)ccc(-n2c3ccc(-c4ccc5c(c4)c4ccccc4n5-c4ccccc4)cc3c3c4oc5ccccc5c4ccc32)c1C#N. The molecule has 0 saturated heterocycles. The smallest absolute Gasteiger partial charge is 0.145 e. The summed E-state index contributed by atoms with van der Waals surface area (Å²) in [6.45, 7) is 6.72. The van der Waals surface area contributed by atoms with Crippen molar-refractivity contribution in [1.82, 2.24) is 18.3 Å². The first-order valence-corrected chi connectivity index (χ1v) is 30.7. The van der Waals surface area contributed by atoms with Crippen molar-refractivity contribution in [2.24, 2.45) is 0 Å². The Balaban J connectivity index is 0.00000152. The monoisotopic (exact) mass is 1170 g/mol. The Morgan fingerprint density at radius 2 is 0.609 bits per heavy atom. The minimum atomic E-state index is 0.257. The number of aromatic nitrogens is 4. The van der Waals surface area contributed by atoms with Gasteiger partial charge in [0.05, 0.1) is 77.4 Å². The third-order valence-corrected chi connectivity index (χ3v) is 18.6. The zero-order valence-corrected chi connectivity index (χ0v) is 49.5. The lowest BCUT2D eigenvalue weighted by Crippen LogP contribution is -2.05. The maximum Gasteiger partial charge on any atom is 0.145 e. The fraction of sp³-hybridized carbons (Fsp3) is 0. The standard InChI is InChI=1S/C80H44N6O2.C4H6/c81-45-63-64(46-82)72(86-70-36-30-50(44-62(70)78-74(86)38-32-58-56-22-10-14-26-76(56)88-80(58)78)48-28-34-68-60(42-48)54-20-8-12-24-66(54)84(68)52-17-5-2-6-18-52)40-39-71(63)85-69-35-29-49(43-61(69)77-73(85)37-31-57-55-21-9-13-25-75(55)87-79(57)77)47-27-33-67-59(41-47)53-19-7-11-23-65(53)83(67)51-15-3-1-4-16-51;1-3-4-2/h1-44H;3-4H,1-2H2. The summed E-state index contributed by atoms with van der Waals surface area (Å²) in [7, 11) is 0. The molecule has 0 N–H and O–H groups in total. The second-order valence-corrected chi connectivity index (χ2v) is 23.4. The summed E-state index contributed by atoms with van der Waals surface area (Å²) in [6.07, 6.45) is 3.28. The number of para-hydroxylation sites is 6. The number of allylic oxidation sites excluding steroid dienone is 2. The number of hydrogen-bond acceptors (Lipinski definition) is 4. The molecule has 13 aromatic carbocycles. The van der Waals surface area contributed by atoms with Crippen molar-refractivity contribution < 1.29 is 8.83 Å². The number of nitrogens with zero attached hydrogens (tertiary/aromatic N) is 6. The Labute approximate surface area is 526 Å². The van der Waals surface area contributed by atoms with Gasteiger partial charge in [-0.1, -0.05) is 159 Å². The molecular weight excluding hydrogens is 1120 g/mol. The molecule has 19 rings (SSSR count). The molecule has 428 valence electrons. The first kappa shape index (κ1) is 52.3. The van der Waals surface area contributed by atoms with Crippen molar-refractivity contribution in [2.75, 3.05) is 0 Å². The Morgan fingerprint density at radius 1 is 0.283 bits per heavy atom. The molecule has 0 spiro atoms. The molecule has 8 nitrogen and oxygen atoms in total. The highest BCUT2D eigenvalue weighted by molar-refractivity contribution is 6.26. The molecule has 92 heavy (non-hydrogen) atoms. The van der Waals surface area contributed by atoms with Crippen LogP contribution in [0.5, 0.6) is 0 Å². The maximum absolute atomic E-state index is 11.6. The number of furan rings is 2. The first-order chi connectivity index (χ1) is 45.5. The third-order valence-electron chi connectivity index (χ3n) is 18.6. The van der Waals surface area contributed by atoms with Crippen LogP contribution in [0.25, 0.3) is 176 Å². The zero-order valence-electron chi connectivity index (χ0n) is 49.5. The van der Waals surface area contributed by atoms with Gasteiger partial charge in [-0.25, -0.2) is 0 Å². The molecule has 0 bridgehead atoms. The van der Waals surface area contributed by atoms with Crippen LogP contribution in [0.2, 0.25) is 0 Å². The fourth-order valence-corrected chi connectivity index (χ4v) is 14.6. The summed E-state index contributed by atoms with van der Waals surface area (Å²) in [4.78, 5) is 0. The quantitative estimate of drug-likeness (QED) is 0.149. The van der Waals surface area contributed by atoms with Gasteiger partial charge in [0, 0.05) is 65.2 Å². The Bertz CT molecular complexity index is 6050. The molecule has 0 saturated carbocycles. The van der Waals surface area contributed by atoms with E-state index in [0.717, 1.165) is 154 Å². The predicted octanol–water partition coefficient (Wildman–Crippen LogP) is 22.3. The normalized spacial score (nSPS) is 11.8. The summed E-state index contributed by atoms with van der Waals surface area (Å²) >= 11 is 0. The predicted molar refractivity (Wildman–Crippen MR) is 379 cm³/mol. The van der Waals surface area contributed by atoms with Gasteiger partial charge in [0.15, 0.2) is 0 Å². The Hall–Kier alpha value is -12.9. The topological polar surface area (TPSA) is 93.6 Å². The molecule has 0 aliphatic heterocycles. The molecule has 0 aliphatic rings. The summed E-state index contributed by atoms with van der Waals surface area (Å²) in [6, 6.07) is 98.9. The van der Waals surface area contributed by atoms with Crippen molar-refractivity contribution in [3.05, 3.63) is 303 Å². The van der Waals surface area contributed by atoms with Crippen molar-refractivity contribution >= 4 is 131 Å². The van der Waals surface area contributed by atoms with E-state index in [4.69, 9.17) is 8.83 Å². The number of fused-ring (bicyclic) bond motifs is 20. The molecule has 0 fully saturated rings. The number of rotatable bonds is 7. The van der Waals surface area contributed by atoms with Crippen LogP contribution in [-0.4, -0.2) is 18.3 Å². The number of nitriles is 2. The number of hydrogen-bond donors (Lipinski definition) is 0. The second kappa shape index (κ2) is 20.3. The van der Waals surface area contributed by atoms with E-state index >= 15 is 0 Å². The van der Waals surface area contributed by atoms with Gasteiger partial charge in [-0.3, -0.25) is 0 Å². The maximum atomic E-state index is 11.6. The van der Waals surface area contributed by atoms with Crippen LogP contribution < -0.4 is 0 Å². The Kier molecular flexibility index (Phi) is 11.6. The van der Waals surface area contributed by atoms with E-state index in [2.05, 4.69) is 262 Å².